The second-order valence-corrected chi connectivity index (χ2v) is 7.15. The summed E-state index contributed by atoms with van der Waals surface area (Å²) < 4.78 is 4.34. The fraction of sp³-hybridized carbons (Fsp3) is 0.286. The van der Waals surface area contributed by atoms with Gasteiger partial charge in [0, 0.05) is 0 Å². The van der Waals surface area contributed by atoms with Gasteiger partial charge in [0.15, 0.2) is 17.9 Å². The molecule has 5 atom stereocenters. The lowest BCUT2D eigenvalue weighted by atomic mass is 9.83. The number of carbonyl (C=O) groups excluding carboxylic acids is 2. The number of benzene rings is 2. The van der Waals surface area contributed by atoms with Crippen LogP contribution < -0.4 is 10.6 Å². The molecule has 1 unspecified atom stereocenters. The van der Waals surface area contributed by atoms with E-state index in [1.807, 2.05) is 60.7 Å². The molecule has 0 aromatic heterocycles. The predicted molar refractivity (Wildman–Crippen MR) is 107 cm³/mol. The SMILES string of the molecule is O=C(O)[C@H]1OC(O)[C@H](O)[C@@H](O)[C@@H]1O.O=C1NC(=O)C(c2ccccc2)(c2ccccc2)N1. The minimum Gasteiger partial charge on any atom is -0.479 e. The van der Waals surface area contributed by atoms with E-state index in [4.69, 9.17) is 25.5 Å². The van der Waals surface area contributed by atoms with Gasteiger partial charge in [-0.3, -0.25) is 10.1 Å². The lowest BCUT2D eigenvalue weighted by molar-refractivity contribution is -0.279. The lowest BCUT2D eigenvalue weighted by Crippen LogP contribution is -2.59. The molecule has 3 amide bonds. The largest absolute Gasteiger partial charge is 0.479 e. The van der Waals surface area contributed by atoms with Crippen LogP contribution in [-0.4, -0.2) is 74.1 Å². The van der Waals surface area contributed by atoms with Crippen molar-refractivity contribution in [3.05, 3.63) is 71.8 Å². The number of hydrogen-bond donors (Lipinski definition) is 7. The number of imide groups is 1. The highest BCUT2D eigenvalue weighted by Gasteiger charge is 2.49. The third-order valence-electron chi connectivity index (χ3n) is 5.11. The molecule has 0 bridgehead atoms. The van der Waals surface area contributed by atoms with Crippen molar-refractivity contribution in [1.82, 2.24) is 10.6 Å². The Morgan fingerprint density at radius 3 is 1.72 bits per heavy atom. The number of amides is 3. The molecule has 11 heteroatoms. The van der Waals surface area contributed by atoms with Gasteiger partial charge in [0.1, 0.15) is 18.3 Å². The summed E-state index contributed by atoms with van der Waals surface area (Å²) in [5, 5.41) is 49.4. The summed E-state index contributed by atoms with van der Waals surface area (Å²) in [6.45, 7) is 0. The Morgan fingerprint density at radius 1 is 0.812 bits per heavy atom. The first kappa shape index (κ1) is 23.3. The minimum atomic E-state index is -1.81. The minimum absolute atomic E-state index is 0.352. The smallest absolute Gasteiger partial charge is 0.335 e. The molecule has 2 heterocycles. The molecule has 32 heavy (non-hydrogen) atoms. The van der Waals surface area contributed by atoms with Crippen LogP contribution in [0.4, 0.5) is 4.79 Å². The first-order chi connectivity index (χ1) is 15.2. The molecule has 11 nitrogen and oxygen atoms in total. The van der Waals surface area contributed by atoms with E-state index in [0.717, 1.165) is 11.1 Å². The number of aliphatic hydroxyl groups is 4. The number of rotatable bonds is 3. The molecular formula is C21H22N2O9. The molecule has 2 aliphatic rings. The number of hydrogen-bond acceptors (Lipinski definition) is 8. The van der Waals surface area contributed by atoms with Crippen LogP contribution in [-0.2, 0) is 19.9 Å². The van der Waals surface area contributed by atoms with Crippen LogP contribution in [0.15, 0.2) is 60.7 Å². The van der Waals surface area contributed by atoms with Crippen LogP contribution in [0.3, 0.4) is 0 Å². The Labute approximate surface area is 181 Å². The molecule has 4 rings (SSSR count). The number of carboxylic acids is 1. The van der Waals surface area contributed by atoms with Gasteiger partial charge in [-0.15, -0.1) is 0 Å². The monoisotopic (exact) mass is 446 g/mol. The zero-order chi connectivity index (χ0) is 23.5. The maximum Gasteiger partial charge on any atom is 0.335 e. The van der Waals surface area contributed by atoms with Crippen LogP contribution in [0, 0.1) is 0 Å². The van der Waals surface area contributed by atoms with Crippen LogP contribution in [0.2, 0.25) is 0 Å². The Kier molecular flexibility index (Phi) is 6.87. The predicted octanol–water partition coefficient (Wildman–Crippen LogP) is -1.36. The summed E-state index contributed by atoms with van der Waals surface area (Å²) in [7, 11) is 0. The average molecular weight is 446 g/mol. The van der Waals surface area contributed by atoms with Crippen molar-refractivity contribution in [3.63, 3.8) is 0 Å². The molecule has 2 saturated heterocycles. The van der Waals surface area contributed by atoms with E-state index >= 15 is 0 Å². The Hall–Kier alpha value is -3.35. The number of carboxylic acid groups (broad SMARTS) is 1. The van der Waals surface area contributed by atoms with Gasteiger partial charge in [-0.05, 0) is 11.1 Å². The summed E-state index contributed by atoms with van der Waals surface area (Å²) in [6, 6.07) is 18.0. The molecule has 7 N–H and O–H groups in total. The molecule has 0 radical (unpaired) electrons. The summed E-state index contributed by atoms with van der Waals surface area (Å²) in [4.78, 5) is 34.3. The number of carbonyl (C=O) groups is 3. The van der Waals surface area contributed by atoms with E-state index in [9.17, 15) is 14.4 Å². The normalized spacial score (nSPS) is 28.7. The molecule has 0 aliphatic carbocycles. The van der Waals surface area contributed by atoms with Gasteiger partial charge >= 0.3 is 12.0 Å². The maximum absolute atomic E-state index is 12.3. The molecule has 170 valence electrons. The van der Waals surface area contributed by atoms with E-state index in [1.54, 1.807) is 0 Å². The molecule has 2 fully saturated rings. The number of aliphatic hydroxyl groups excluding tert-OH is 4. The zero-order valence-corrected chi connectivity index (χ0v) is 16.5. The Morgan fingerprint density at radius 2 is 1.31 bits per heavy atom. The zero-order valence-electron chi connectivity index (χ0n) is 16.5. The Balaban J connectivity index is 0.000000195. The van der Waals surface area contributed by atoms with E-state index < -0.39 is 48.2 Å². The van der Waals surface area contributed by atoms with E-state index in [2.05, 4.69) is 15.4 Å². The molecular weight excluding hydrogens is 424 g/mol. The average Bonchev–Trinajstić information content (AvgIpc) is 3.11. The maximum atomic E-state index is 12.3. The second-order valence-electron chi connectivity index (χ2n) is 7.15. The summed E-state index contributed by atoms with van der Waals surface area (Å²) >= 11 is 0. The highest BCUT2D eigenvalue weighted by Crippen LogP contribution is 2.32. The highest BCUT2D eigenvalue weighted by atomic mass is 16.6. The van der Waals surface area contributed by atoms with E-state index in [-0.39, 0.29) is 5.91 Å². The van der Waals surface area contributed by atoms with Gasteiger partial charge in [-0.1, -0.05) is 60.7 Å². The molecule has 2 aliphatic heterocycles. The van der Waals surface area contributed by atoms with Crippen LogP contribution in [0.5, 0.6) is 0 Å². The molecule has 0 spiro atoms. The van der Waals surface area contributed by atoms with Crippen molar-refractivity contribution in [1.29, 1.82) is 0 Å². The van der Waals surface area contributed by atoms with Crippen molar-refractivity contribution >= 4 is 17.9 Å². The first-order valence-electron chi connectivity index (χ1n) is 9.53. The van der Waals surface area contributed by atoms with E-state index in [0.29, 0.717) is 0 Å². The van der Waals surface area contributed by atoms with Gasteiger partial charge in [0.25, 0.3) is 5.91 Å². The van der Waals surface area contributed by atoms with E-state index in [1.165, 1.54) is 0 Å². The standard InChI is InChI=1S/C15H12N2O2.C6H10O7/c18-13-15(17-14(19)16-13,11-7-3-1-4-8-11)12-9-5-2-6-10-12;7-1-2(8)4(5(10)11)13-6(12)3(1)9/h1-10H,(H2,16,17,18,19);1-4,6-9,12H,(H,10,11)/t;1-,2-,3+,4-,6?/m.0/s1. The molecule has 0 saturated carbocycles. The van der Waals surface area contributed by atoms with Gasteiger partial charge in [-0.2, -0.15) is 0 Å². The highest BCUT2D eigenvalue weighted by molar-refractivity contribution is 6.09. The first-order valence-corrected chi connectivity index (χ1v) is 9.53. The van der Waals surface area contributed by atoms with Crippen LogP contribution in [0.1, 0.15) is 11.1 Å². The molecule has 2 aromatic rings. The van der Waals surface area contributed by atoms with Gasteiger partial charge in [0.2, 0.25) is 0 Å². The third kappa shape index (κ3) is 4.33. The lowest BCUT2D eigenvalue weighted by Gasteiger charge is -2.36. The van der Waals surface area contributed by atoms with Gasteiger partial charge in [-0.25, -0.2) is 9.59 Å². The quantitative estimate of drug-likeness (QED) is 0.280. The van der Waals surface area contributed by atoms with Crippen molar-refractivity contribution < 1.29 is 44.7 Å². The van der Waals surface area contributed by atoms with Crippen molar-refractivity contribution in [2.24, 2.45) is 0 Å². The van der Waals surface area contributed by atoms with Crippen molar-refractivity contribution in [2.75, 3.05) is 0 Å². The number of ether oxygens (including phenoxy) is 1. The third-order valence-corrected chi connectivity index (χ3v) is 5.11. The van der Waals surface area contributed by atoms with Gasteiger partial charge < -0.3 is 35.6 Å². The summed E-state index contributed by atoms with van der Waals surface area (Å²) in [6.07, 6.45) is -8.72. The van der Waals surface area contributed by atoms with Crippen molar-refractivity contribution in [2.45, 2.75) is 36.2 Å². The number of aliphatic carboxylic acids is 1. The van der Waals surface area contributed by atoms with Crippen LogP contribution in [0.25, 0.3) is 0 Å². The Bertz CT molecular complexity index is 930. The summed E-state index contributed by atoms with van der Waals surface area (Å²) in [5.74, 6) is -1.87. The molecule has 2 aromatic carbocycles. The second kappa shape index (κ2) is 9.42. The number of nitrogens with one attached hydrogen (secondary N) is 2. The summed E-state index contributed by atoms with van der Waals surface area (Å²) in [5.41, 5.74) is 0.341. The topological polar surface area (TPSA) is 186 Å². The number of urea groups is 1. The van der Waals surface area contributed by atoms with Crippen molar-refractivity contribution in [3.8, 4) is 0 Å². The fourth-order valence-corrected chi connectivity index (χ4v) is 3.47. The van der Waals surface area contributed by atoms with Gasteiger partial charge in [0.05, 0.1) is 0 Å². The fourth-order valence-electron chi connectivity index (χ4n) is 3.47. The van der Waals surface area contributed by atoms with Crippen LogP contribution >= 0.6 is 0 Å².